The first kappa shape index (κ1) is 27.8. The number of Topliss-reactive ketones (excluding diaryl/α,β-unsaturated/α-hetero) is 1. The van der Waals surface area contributed by atoms with Gasteiger partial charge in [0.2, 0.25) is 0 Å². The van der Waals surface area contributed by atoms with Gasteiger partial charge in [-0.05, 0) is 124 Å². The van der Waals surface area contributed by atoms with Gasteiger partial charge in [-0.25, -0.2) is 4.79 Å². The van der Waals surface area contributed by atoms with Crippen LogP contribution < -0.4 is 0 Å². The summed E-state index contributed by atoms with van der Waals surface area (Å²) in [6.45, 7) is 18.2. The van der Waals surface area contributed by atoms with E-state index in [1.807, 2.05) is 0 Å². The molecule has 5 aliphatic rings. The third-order valence-electron chi connectivity index (χ3n) is 13.1. The first-order valence-corrected chi connectivity index (χ1v) is 15.4. The molecule has 5 unspecified atom stereocenters. The fraction of sp³-hybridized carbons (Fsp3) is 0.794. The minimum atomic E-state index is -0.427. The summed E-state index contributed by atoms with van der Waals surface area (Å²) < 4.78 is 5.07. The SMILES string of the molecule is C=C(C)[C@@H]1CC[C@]2(C(=O)/C=C/C(=O)OCC)CCC3C(CCC4[C@@]3(C)CCC3C(C)(C)C(=O)CC[C@@]34C)C12. The van der Waals surface area contributed by atoms with E-state index in [0.717, 1.165) is 44.9 Å². The number of hydrogen-bond acceptors (Lipinski definition) is 4. The summed E-state index contributed by atoms with van der Waals surface area (Å²) in [5, 5.41) is 0. The van der Waals surface area contributed by atoms with Crippen LogP contribution in [0.15, 0.2) is 24.3 Å². The molecule has 5 rings (SSSR count). The van der Waals surface area contributed by atoms with E-state index in [1.54, 1.807) is 6.92 Å². The zero-order valence-electron chi connectivity index (χ0n) is 24.7. The van der Waals surface area contributed by atoms with Gasteiger partial charge in [0.15, 0.2) is 5.78 Å². The van der Waals surface area contributed by atoms with Crippen molar-refractivity contribution in [3.8, 4) is 0 Å². The Labute approximate surface area is 230 Å². The Balaban J connectivity index is 1.48. The predicted molar refractivity (Wildman–Crippen MR) is 150 cm³/mol. The van der Waals surface area contributed by atoms with Crippen LogP contribution in [-0.4, -0.2) is 24.1 Å². The van der Waals surface area contributed by atoms with Crippen LogP contribution in [-0.2, 0) is 19.1 Å². The summed E-state index contributed by atoms with van der Waals surface area (Å²) in [6.07, 6.45) is 13.3. The summed E-state index contributed by atoms with van der Waals surface area (Å²) in [6, 6.07) is 0. The third-order valence-corrected chi connectivity index (χ3v) is 13.1. The molecule has 0 aromatic carbocycles. The second kappa shape index (κ2) is 9.44. The van der Waals surface area contributed by atoms with Gasteiger partial charge in [0.25, 0.3) is 0 Å². The van der Waals surface area contributed by atoms with E-state index in [1.165, 1.54) is 37.0 Å². The number of hydrogen-bond donors (Lipinski definition) is 0. The lowest BCUT2D eigenvalue weighted by atomic mass is 9.36. The second-order valence-electron chi connectivity index (χ2n) is 14.8. The highest BCUT2D eigenvalue weighted by molar-refractivity contribution is 5.99. The fourth-order valence-electron chi connectivity index (χ4n) is 11.5. The summed E-state index contributed by atoms with van der Waals surface area (Å²) in [7, 11) is 0. The average molecular weight is 523 g/mol. The number of esters is 1. The van der Waals surface area contributed by atoms with Gasteiger partial charge < -0.3 is 4.74 Å². The van der Waals surface area contributed by atoms with Crippen molar-refractivity contribution in [2.45, 2.75) is 106 Å². The molecular weight excluding hydrogens is 472 g/mol. The lowest BCUT2D eigenvalue weighted by Gasteiger charge is -2.68. The van der Waals surface area contributed by atoms with Crippen LogP contribution in [0, 0.1) is 57.2 Å². The number of ether oxygens (including phenoxy) is 1. The zero-order valence-corrected chi connectivity index (χ0v) is 24.7. The molecule has 4 heteroatoms. The van der Waals surface area contributed by atoms with Crippen molar-refractivity contribution >= 4 is 17.5 Å². The van der Waals surface area contributed by atoms with Crippen LogP contribution >= 0.6 is 0 Å². The highest BCUT2D eigenvalue weighted by Gasteiger charge is 2.68. The molecule has 5 fully saturated rings. The van der Waals surface area contributed by atoms with E-state index in [9.17, 15) is 14.4 Å². The Morgan fingerprint density at radius 2 is 1.63 bits per heavy atom. The molecule has 38 heavy (non-hydrogen) atoms. The molecule has 9 atom stereocenters. The van der Waals surface area contributed by atoms with Gasteiger partial charge in [0.1, 0.15) is 5.78 Å². The molecule has 0 bridgehead atoms. The standard InChI is InChI=1S/C34H50O4/c1-8-38-29(37)12-11-28(36)34-19-13-22(21(2)3)30(34)23-9-10-26-32(6,24(23)14-20-34)17-15-25-31(4,5)27(35)16-18-33(25,26)7/h11-12,22-26,30H,2,8-10,13-20H2,1,3-7H3/b12-11+/t22-,23?,24?,25?,26?,30?,32-,33-,34+/m0/s1. The second-order valence-corrected chi connectivity index (χ2v) is 14.8. The molecule has 0 N–H and O–H groups in total. The van der Waals surface area contributed by atoms with E-state index in [2.05, 4.69) is 41.2 Å². The monoisotopic (exact) mass is 522 g/mol. The molecule has 4 nitrogen and oxygen atoms in total. The van der Waals surface area contributed by atoms with Crippen molar-refractivity contribution in [2.24, 2.45) is 57.2 Å². The van der Waals surface area contributed by atoms with Gasteiger partial charge in [-0.15, -0.1) is 0 Å². The number of fused-ring (bicyclic) bond motifs is 7. The Morgan fingerprint density at radius 1 is 0.921 bits per heavy atom. The number of carbonyl (C=O) groups is 3. The lowest BCUT2D eigenvalue weighted by molar-refractivity contribution is -0.198. The van der Waals surface area contributed by atoms with E-state index < -0.39 is 5.97 Å². The van der Waals surface area contributed by atoms with Gasteiger partial charge in [-0.1, -0.05) is 39.8 Å². The van der Waals surface area contributed by atoms with E-state index in [-0.39, 0.29) is 27.4 Å². The van der Waals surface area contributed by atoms with E-state index in [4.69, 9.17) is 4.74 Å². The van der Waals surface area contributed by atoms with Gasteiger partial charge in [0, 0.05) is 23.3 Å². The summed E-state index contributed by atoms with van der Waals surface area (Å²) in [5.74, 6) is 3.09. The van der Waals surface area contributed by atoms with Crippen molar-refractivity contribution in [3.63, 3.8) is 0 Å². The molecule has 0 aromatic heterocycles. The Bertz CT molecular complexity index is 1050. The van der Waals surface area contributed by atoms with E-state index >= 15 is 0 Å². The average Bonchev–Trinajstić information content (AvgIpc) is 3.27. The molecular formula is C34H50O4. The zero-order chi connectivity index (χ0) is 27.7. The molecule has 0 heterocycles. The van der Waals surface area contributed by atoms with Crippen LogP contribution in [0.1, 0.15) is 106 Å². The number of carbonyl (C=O) groups excluding carboxylic acids is 3. The number of allylic oxidation sites excluding steroid dienone is 2. The van der Waals surface area contributed by atoms with Crippen LogP contribution in [0.4, 0.5) is 0 Å². The van der Waals surface area contributed by atoms with Crippen LogP contribution in [0.5, 0.6) is 0 Å². The quantitative estimate of drug-likeness (QED) is 0.213. The van der Waals surface area contributed by atoms with Crippen molar-refractivity contribution in [1.82, 2.24) is 0 Å². The number of rotatable bonds is 5. The topological polar surface area (TPSA) is 60.4 Å². The molecule has 0 spiro atoms. The first-order valence-electron chi connectivity index (χ1n) is 15.4. The Kier molecular flexibility index (Phi) is 6.92. The molecule has 5 saturated carbocycles. The Hall–Kier alpha value is -1.71. The van der Waals surface area contributed by atoms with Crippen LogP contribution in [0.25, 0.3) is 0 Å². The van der Waals surface area contributed by atoms with Gasteiger partial charge in [-0.3, -0.25) is 9.59 Å². The fourth-order valence-corrected chi connectivity index (χ4v) is 11.5. The maximum atomic E-state index is 13.9. The van der Waals surface area contributed by atoms with Crippen molar-refractivity contribution in [3.05, 3.63) is 24.3 Å². The van der Waals surface area contributed by atoms with E-state index in [0.29, 0.717) is 47.9 Å². The van der Waals surface area contributed by atoms with Gasteiger partial charge >= 0.3 is 5.97 Å². The van der Waals surface area contributed by atoms with Gasteiger partial charge in [-0.2, -0.15) is 0 Å². The van der Waals surface area contributed by atoms with Crippen LogP contribution in [0.3, 0.4) is 0 Å². The lowest BCUT2D eigenvalue weighted by Crippen LogP contribution is -2.63. The maximum absolute atomic E-state index is 13.9. The number of ketones is 2. The molecule has 0 radical (unpaired) electrons. The highest BCUT2D eigenvalue weighted by Crippen LogP contribution is 2.73. The minimum Gasteiger partial charge on any atom is -0.463 e. The largest absolute Gasteiger partial charge is 0.463 e. The smallest absolute Gasteiger partial charge is 0.330 e. The Morgan fingerprint density at radius 3 is 2.32 bits per heavy atom. The third kappa shape index (κ3) is 3.85. The minimum absolute atomic E-state index is 0.133. The summed E-state index contributed by atoms with van der Waals surface area (Å²) >= 11 is 0. The normalized spacial score (nSPS) is 45.5. The van der Waals surface area contributed by atoms with Crippen molar-refractivity contribution < 1.29 is 19.1 Å². The molecule has 210 valence electrons. The molecule has 0 saturated heterocycles. The molecule has 0 amide bonds. The predicted octanol–water partition coefficient (Wildman–Crippen LogP) is 7.51. The maximum Gasteiger partial charge on any atom is 0.330 e. The summed E-state index contributed by atoms with van der Waals surface area (Å²) in [4.78, 5) is 38.9. The summed E-state index contributed by atoms with van der Waals surface area (Å²) in [5.41, 5.74) is 1.09. The molecule has 5 aliphatic carbocycles. The molecule has 0 aliphatic heterocycles. The first-order chi connectivity index (χ1) is 17.8. The van der Waals surface area contributed by atoms with Crippen LogP contribution in [0.2, 0.25) is 0 Å². The highest BCUT2D eigenvalue weighted by atomic mass is 16.5. The van der Waals surface area contributed by atoms with Crippen molar-refractivity contribution in [2.75, 3.05) is 6.61 Å². The van der Waals surface area contributed by atoms with Gasteiger partial charge in [0.05, 0.1) is 6.61 Å². The molecule has 0 aromatic rings. The van der Waals surface area contributed by atoms with Crippen molar-refractivity contribution in [1.29, 1.82) is 0 Å².